The summed E-state index contributed by atoms with van der Waals surface area (Å²) in [6.45, 7) is 0. The number of hydrogen-bond acceptors (Lipinski definition) is 1. The summed E-state index contributed by atoms with van der Waals surface area (Å²) in [5.41, 5.74) is 2.65. The first kappa shape index (κ1) is 18.0. The van der Waals surface area contributed by atoms with Gasteiger partial charge < -0.3 is 0 Å². The van der Waals surface area contributed by atoms with Gasteiger partial charge in [-0.15, -0.1) is 0 Å². The van der Waals surface area contributed by atoms with Crippen LogP contribution in [0.4, 0.5) is 13.2 Å². The number of halogens is 3. The summed E-state index contributed by atoms with van der Waals surface area (Å²) in [6.07, 6.45) is 0.219. The van der Waals surface area contributed by atoms with Crippen LogP contribution >= 0.6 is 0 Å². The van der Waals surface area contributed by atoms with Crippen LogP contribution in [0.1, 0.15) is 11.3 Å². The molecule has 0 N–H and O–H groups in total. The average Bonchev–Trinajstić information content (AvgIpc) is 2.70. The highest BCUT2D eigenvalue weighted by atomic mass is 19.1. The SMILES string of the molecule is Fc1ccccc1Cc1cc(-c2ccccc2F)cc(-c2ccccc2F)n1. The molecular weight excluding hydrogens is 359 g/mol. The van der Waals surface area contributed by atoms with E-state index in [9.17, 15) is 13.2 Å². The zero-order valence-corrected chi connectivity index (χ0v) is 14.9. The van der Waals surface area contributed by atoms with Crippen LogP contribution in [-0.4, -0.2) is 4.98 Å². The van der Waals surface area contributed by atoms with Crippen molar-refractivity contribution in [2.45, 2.75) is 6.42 Å². The molecule has 0 atom stereocenters. The molecule has 138 valence electrons. The van der Waals surface area contributed by atoms with Gasteiger partial charge in [-0.3, -0.25) is 4.98 Å². The Balaban J connectivity index is 1.87. The highest BCUT2D eigenvalue weighted by molar-refractivity contribution is 5.71. The molecule has 0 spiro atoms. The minimum absolute atomic E-state index is 0.219. The second kappa shape index (κ2) is 7.69. The van der Waals surface area contributed by atoms with Gasteiger partial charge in [-0.1, -0.05) is 48.5 Å². The van der Waals surface area contributed by atoms with Crippen molar-refractivity contribution in [1.82, 2.24) is 4.98 Å². The molecule has 1 aromatic heterocycles. The summed E-state index contributed by atoms with van der Waals surface area (Å²) in [7, 11) is 0. The molecule has 1 nitrogen and oxygen atoms in total. The van der Waals surface area contributed by atoms with E-state index < -0.39 is 5.82 Å². The minimum Gasteiger partial charge on any atom is -0.252 e. The molecule has 28 heavy (non-hydrogen) atoms. The highest BCUT2D eigenvalue weighted by Crippen LogP contribution is 2.30. The molecule has 0 amide bonds. The van der Waals surface area contributed by atoms with E-state index in [4.69, 9.17) is 0 Å². The summed E-state index contributed by atoms with van der Waals surface area (Å²) >= 11 is 0. The molecule has 1 heterocycles. The Morgan fingerprint density at radius 3 is 1.82 bits per heavy atom. The van der Waals surface area contributed by atoms with Gasteiger partial charge >= 0.3 is 0 Å². The largest absolute Gasteiger partial charge is 0.252 e. The molecule has 0 aliphatic heterocycles. The quantitative estimate of drug-likeness (QED) is 0.401. The highest BCUT2D eigenvalue weighted by Gasteiger charge is 2.13. The summed E-state index contributed by atoms with van der Waals surface area (Å²) in [5, 5.41) is 0. The van der Waals surface area contributed by atoms with Gasteiger partial charge in [0.1, 0.15) is 17.5 Å². The molecule has 0 unspecified atom stereocenters. The predicted molar refractivity (Wildman–Crippen MR) is 104 cm³/mol. The lowest BCUT2D eigenvalue weighted by molar-refractivity contribution is 0.613. The van der Waals surface area contributed by atoms with Crippen LogP contribution in [0, 0.1) is 17.5 Å². The standard InChI is InChI=1S/C24H16F3N/c25-21-10-4-1-7-16(21)13-18-14-17(19-8-2-5-11-22(19)26)15-24(28-18)20-9-3-6-12-23(20)27/h1-12,14-15H,13H2. The Hall–Kier alpha value is -3.40. The Kier molecular flexibility index (Phi) is 4.94. The van der Waals surface area contributed by atoms with Crippen molar-refractivity contribution in [3.63, 3.8) is 0 Å². The van der Waals surface area contributed by atoms with E-state index in [1.165, 1.54) is 18.2 Å². The lowest BCUT2D eigenvalue weighted by Gasteiger charge is -2.11. The van der Waals surface area contributed by atoms with Crippen LogP contribution in [0.3, 0.4) is 0 Å². The fourth-order valence-electron chi connectivity index (χ4n) is 3.17. The van der Waals surface area contributed by atoms with Gasteiger partial charge in [0.15, 0.2) is 0 Å². The van der Waals surface area contributed by atoms with Gasteiger partial charge in [-0.2, -0.15) is 0 Å². The lowest BCUT2D eigenvalue weighted by Crippen LogP contribution is -1.99. The summed E-state index contributed by atoms with van der Waals surface area (Å²) in [4.78, 5) is 4.53. The fraction of sp³-hybridized carbons (Fsp3) is 0.0417. The van der Waals surface area contributed by atoms with E-state index in [-0.39, 0.29) is 18.1 Å². The van der Waals surface area contributed by atoms with E-state index in [0.717, 1.165) is 0 Å². The zero-order valence-electron chi connectivity index (χ0n) is 14.9. The molecular formula is C24H16F3N. The number of hydrogen-bond donors (Lipinski definition) is 0. The smallest absolute Gasteiger partial charge is 0.132 e. The monoisotopic (exact) mass is 375 g/mol. The van der Waals surface area contributed by atoms with Crippen molar-refractivity contribution < 1.29 is 13.2 Å². The van der Waals surface area contributed by atoms with Crippen molar-refractivity contribution >= 4 is 0 Å². The van der Waals surface area contributed by atoms with Crippen LogP contribution in [0.2, 0.25) is 0 Å². The van der Waals surface area contributed by atoms with Crippen molar-refractivity contribution in [2.75, 3.05) is 0 Å². The Morgan fingerprint density at radius 2 is 1.18 bits per heavy atom. The van der Waals surface area contributed by atoms with E-state index >= 15 is 0 Å². The molecule has 4 rings (SSSR count). The molecule has 0 aliphatic carbocycles. The molecule has 0 aliphatic rings. The molecule has 3 aromatic carbocycles. The Bertz CT molecular complexity index is 1070. The third kappa shape index (κ3) is 3.67. The van der Waals surface area contributed by atoms with Crippen LogP contribution in [-0.2, 0) is 6.42 Å². The molecule has 0 saturated heterocycles. The third-order valence-corrected chi connectivity index (χ3v) is 4.54. The summed E-state index contributed by atoms with van der Waals surface area (Å²) < 4.78 is 42.8. The molecule has 4 aromatic rings. The van der Waals surface area contributed by atoms with Gasteiger partial charge in [0, 0.05) is 23.2 Å². The normalized spacial score (nSPS) is 10.8. The van der Waals surface area contributed by atoms with Gasteiger partial charge in [-0.25, -0.2) is 13.2 Å². The summed E-state index contributed by atoms with van der Waals surface area (Å²) in [6, 6.07) is 22.4. The first-order valence-electron chi connectivity index (χ1n) is 8.86. The van der Waals surface area contributed by atoms with Gasteiger partial charge in [-0.05, 0) is 47.5 Å². The van der Waals surface area contributed by atoms with Crippen molar-refractivity contribution in [3.8, 4) is 22.4 Å². The topological polar surface area (TPSA) is 12.9 Å². The van der Waals surface area contributed by atoms with Crippen molar-refractivity contribution in [3.05, 3.63) is 114 Å². The molecule has 4 heteroatoms. The van der Waals surface area contributed by atoms with Gasteiger partial charge in [0.05, 0.1) is 5.69 Å². The maximum atomic E-state index is 14.4. The number of rotatable bonds is 4. The molecule has 0 bridgehead atoms. The van der Waals surface area contributed by atoms with Crippen LogP contribution in [0.25, 0.3) is 22.4 Å². The van der Waals surface area contributed by atoms with Crippen LogP contribution in [0.5, 0.6) is 0 Å². The number of benzene rings is 3. The van der Waals surface area contributed by atoms with Gasteiger partial charge in [0.25, 0.3) is 0 Å². The van der Waals surface area contributed by atoms with Crippen molar-refractivity contribution in [2.24, 2.45) is 0 Å². The second-order valence-corrected chi connectivity index (χ2v) is 6.46. The number of pyridine rings is 1. The average molecular weight is 375 g/mol. The second-order valence-electron chi connectivity index (χ2n) is 6.46. The first-order valence-corrected chi connectivity index (χ1v) is 8.86. The zero-order chi connectivity index (χ0) is 19.5. The Morgan fingerprint density at radius 1 is 0.607 bits per heavy atom. The van der Waals surface area contributed by atoms with Gasteiger partial charge in [0.2, 0.25) is 0 Å². The maximum absolute atomic E-state index is 14.4. The van der Waals surface area contributed by atoms with E-state index in [2.05, 4.69) is 4.98 Å². The van der Waals surface area contributed by atoms with E-state index in [0.29, 0.717) is 33.6 Å². The molecule has 0 fully saturated rings. The number of aromatic nitrogens is 1. The minimum atomic E-state index is -0.419. The van der Waals surface area contributed by atoms with E-state index in [1.54, 1.807) is 66.7 Å². The number of nitrogens with zero attached hydrogens (tertiary/aromatic N) is 1. The third-order valence-electron chi connectivity index (χ3n) is 4.54. The van der Waals surface area contributed by atoms with Crippen LogP contribution < -0.4 is 0 Å². The maximum Gasteiger partial charge on any atom is 0.132 e. The Labute approximate surface area is 161 Å². The predicted octanol–water partition coefficient (Wildman–Crippen LogP) is 6.42. The molecule has 0 saturated carbocycles. The summed E-state index contributed by atoms with van der Waals surface area (Å²) in [5.74, 6) is -1.14. The fourth-order valence-corrected chi connectivity index (χ4v) is 3.17. The molecule has 0 radical (unpaired) electrons. The van der Waals surface area contributed by atoms with E-state index in [1.807, 2.05) is 0 Å². The first-order chi connectivity index (χ1) is 13.6. The van der Waals surface area contributed by atoms with Crippen molar-refractivity contribution in [1.29, 1.82) is 0 Å². The van der Waals surface area contributed by atoms with Crippen LogP contribution in [0.15, 0.2) is 84.9 Å². The lowest BCUT2D eigenvalue weighted by atomic mass is 9.99.